The smallest absolute Gasteiger partial charge is 0.228 e. The van der Waals surface area contributed by atoms with Gasteiger partial charge < -0.3 is 0 Å². The van der Waals surface area contributed by atoms with Crippen LogP contribution in [0.25, 0.3) is 0 Å². The van der Waals surface area contributed by atoms with Crippen LogP contribution in [0.4, 0.5) is 0 Å². The topological polar surface area (TPSA) is 36.9 Å². The molecule has 0 aromatic rings. The van der Waals surface area contributed by atoms with Gasteiger partial charge in [-0.25, -0.2) is 9.78 Å². The molecule has 146 valence electrons. The maximum Gasteiger partial charge on any atom is 0.234 e. The minimum atomic E-state index is -0.833. The van der Waals surface area contributed by atoms with Crippen LogP contribution in [-0.4, -0.2) is 17.0 Å². The fourth-order valence-corrected chi connectivity index (χ4v) is 2.80. The Hall–Kier alpha value is -0.160. The lowest BCUT2D eigenvalue weighted by Gasteiger charge is -2.36. The Morgan fingerprint density at radius 1 is 0.500 bits per heavy atom. The maximum absolute atomic E-state index is 5.92. The Morgan fingerprint density at radius 3 is 1.25 bits per heavy atom. The van der Waals surface area contributed by atoms with Crippen molar-refractivity contribution in [1.29, 1.82) is 0 Å². The van der Waals surface area contributed by atoms with Crippen LogP contribution < -0.4 is 0 Å². The SMILES string of the molecule is CCCCC(CCC)(OOC(C)(C)CCC)OOC(C)(C)CCC. The molecule has 0 radical (unpaired) electrons. The lowest BCUT2D eigenvalue weighted by atomic mass is 10.0. The number of unbranched alkanes of at least 4 members (excludes halogenated alkanes) is 1. The van der Waals surface area contributed by atoms with Crippen LogP contribution in [0.5, 0.6) is 0 Å². The number of rotatable bonds is 15. The van der Waals surface area contributed by atoms with Gasteiger partial charge in [-0.05, 0) is 47.0 Å². The van der Waals surface area contributed by atoms with E-state index in [1.54, 1.807) is 0 Å². The molecule has 0 aliphatic heterocycles. The molecule has 0 saturated carbocycles. The maximum atomic E-state index is 5.92. The minimum absolute atomic E-state index is 0.331. The predicted molar refractivity (Wildman–Crippen MR) is 99.5 cm³/mol. The van der Waals surface area contributed by atoms with E-state index in [4.69, 9.17) is 19.6 Å². The van der Waals surface area contributed by atoms with Crippen molar-refractivity contribution in [3.63, 3.8) is 0 Å². The Labute approximate surface area is 150 Å². The molecule has 0 bridgehead atoms. The first-order valence-corrected chi connectivity index (χ1v) is 9.89. The van der Waals surface area contributed by atoms with Crippen molar-refractivity contribution in [3.8, 4) is 0 Å². The van der Waals surface area contributed by atoms with Crippen LogP contribution in [0.2, 0.25) is 0 Å². The van der Waals surface area contributed by atoms with E-state index in [-0.39, 0.29) is 11.2 Å². The molecule has 0 aromatic carbocycles. The largest absolute Gasteiger partial charge is 0.234 e. The summed E-state index contributed by atoms with van der Waals surface area (Å²) in [5.41, 5.74) is -0.662. The molecule has 0 spiro atoms. The van der Waals surface area contributed by atoms with Crippen LogP contribution in [-0.2, 0) is 19.6 Å². The average Bonchev–Trinajstić information content (AvgIpc) is 2.49. The highest BCUT2D eigenvalue weighted by molar-refractivity contribution is 4.71. The highest BCUT2D eigenvalue weighted by Crippen LogP contribution is 2.32. The lowest BCUT2D eigenvalue weighted by molar-refractivity contribution is -0.546. The summed E-state index contributed by atoms with van der Waals surface area (Å²) in [7, 11) is 0. The molecule has 0 fully saturated rings. The van der Waals surface area contributed by atoms with E-state index in [1.807, 2.05) is 0 Å². The lowest BCUT2D eigenvalue weighted by Crippen LogP contribution is -2.42. The second-order valence-corrected chi connectivity index (χ2v) is 8.12. The van der Waals surface area contributed by atoms with Gasteiger partial charge in [0.1, 0.15) is 0 Å². The summed E-state index contributed by atoms with van der Waals surface area (Å²) in [6, 6.07) is 0. The molecule has 0 saturated heterocycles. The molecule has 0 unspecified atom stereocenters. The Kier molecular flexibility index (Phi) is 11.4. The van der Waals surface area contributed by atoms with Gasteiger partial charge in [0, 0.05) is 12.8 Å². The molecular formula is C20H42O4. The van der Waals surface area contributed by atoms with E-state index < -0.39 is 5.79 Å². The van der Waals surface area contributed by atoms with Crippen LogP contribution in [0.15, 0.2) is 0 Å². The van der Waals surface area contributed by atoms with Crippen molar-refractivity contribution in [2.45, 2.75) is 130 Å². The molecule has 24 heavy (non-hydrogen) atoms. The molecule has 0 aliphatic carbocycles. The van der Waals surface area contributed by atoms with Gasteiger partial charge in [0.2, 0.25) is 5.79 Å². The second-order valence-electron chi connectivity index (χ2n) is 8.12. The Bertz CT molecular complexity index is 291. The summed E-state index contributed by atoms with van der Waals surface area (Å²) in [6.45, 7) is 16.8. The van der Waals surface area contributed by atoms with Crippen LogP contribution in [0.1, 0.15) is 113 Å². The molecule has 4 nitrogen and oxygen atoms in total. The fraction of sp³-hybridized carbons (Fsp3) is 1.00. The van der Waals surface area contributed by atoms with Crippen LogP contribution in [0, 0.1) is 0 Å². The normalized spacial score (nSPS) is 13.5. The van der Waals surface area contributed by atoms with Crippen molar-refractivity contribution in [3.05, 3.63) is 0 Å². The average molecular weight is 347 g/mol. The molecule has 0 N–H and O–H groups in total. The van der Waals surface area contributed by atoms with Gasteiger partial charge in [-0.3, -0.25) is 0 Å². The predicted octanol–water partition coefficient (Wildman–Crippen LogP) is 6.73. The summed E-state index contributed by atoms with van der Waals surface area (Å²) in [5, 5.41) is 0. The van der Waals surface area contributed by atoms with Gasteiger partial charge in [0.25, 0.3) is 0 Å². The van der Waals surface area contributed by atoms with Crippen LogP contribution >= 0.6 is 0 Å². The van der Waals surface area contributed by atoms with Crippen molar-refractivity contribution >= 4 is 0 Å². The monoisotopic (exact) mass is 346 g/mol. The number of hydrogen-bond acceptors (Lipinski definition) is 4. The zero-order valence-corrected chi connectivity index (χ0v) is 17.5. The van der Waals surface area contributed by atoms with Gasteiger partial charge in [-0.15, -0.1) is 0 Å². The molecule has 0 aliphatic rings. The molecular weight excluding hydrogens is 304 g/mol. The second kappa shape index (κ2) is 11.5. The molecule has 4 heteroatoms. The third-order valence-corrected chi connectivity index (χ3v) is 4.08. The van der Waals surface area contributed by atoms with E-state index in [0.29, 0.717) is 0 Å². The molecule has 0 aromatic heterocycles. The van der Waals surface area contributed by atoms with E-state index >= 15 is 0 Å². The van der Waals surface area contributed by atoms with Gasteiger partial charge >= 0.3 is 0 Å². The van der Waals surface area contributed by atoms with Crippen molar-refractivity contribution < 1.29 is 19.6 Å². The van der Waals surface area contributed by atoms with Gasteiger partial charge in [-0.2, -0.15) is 9.78 Å². The van der Waals surface area contributed by atoms with Gasteiger partial charge in [-0.1, -0.05) is 53.4 Å². The Balaban J connectivity index is 5.02. The van der Waals surface area contributed by atoms with E-state index in [1.165, 1.54) is 0 Å². The summed E-state index contributed by atoms with van der Waals surface area (Å²) in [5.74, 6) is -0.833. The highest BCUT2D eigenvalue weighted by Gasteiger charge is 2.38. The van der Waals surface area contributed by atoms with Gasteiger partial charge in [0.05, 0.1) is 11.2 Å². The third-order valence-electron chi connectivity index (χ3n) is 4.08. The first-order chi connectivity index (χ1) is 11.2. The number of hydrogen-bond donors (Lipinski definition) is 0. The van der Waals surface area contributed by atoms with Crippen molar-refractivity contribution in [1.82, 2.24) is 0 Å². The van der Waals surface area contributed by atoms with E-state index in [9.17, 15) is 0 Å². The molecule has 0 heterocycles. The summed E-state index contributed by atoms with van der Waals surface area (Å²) in [6.07, 6.45) is 8.51. The van der Waals surface area contributed by atoms with E-state index in [2.05, 4.69) is 55.4 Å². The zero-order valence-electron chi connectivity index (χ0n) is 17.5. The first-order valence-electron chi connectivity index (χ1n) is 9.89. The third kappa shape index (κ3) is 9.97. The van der Waals surface area contributed by atoms with Crippen LogP contribution in [0.3, 0.4) is 0 Å². The Morgan fingerprint density at radius 2 is 0.917 bits per heavy atom. The fourth-order valence-electron chi connectivity index (χ4n) is 2.80. The molecule has 0 amide bonds. The first kappa shape index (κ1) is 23.8. The molecule has 0 atom stereocenters. The molecule has 0 rings (SSSR count). The van der Waals surface area contributed by atoms with Crippen molar-refractivity contribution in [2.75, 3.05) is 0 Å². The quantitative estimate of drug-likeness (QED) is 0.187. The van der Waals surface area contributed by atoms with Gasteiger partial charge in [0.15, 0.2) is 0 Å². The summed E-state index contributed by atoms with van der Waals surface area (Å²) in [4.78, 5) is 23.4. The van der Waals surface area contributed by atoms with E-state index in [0.717, 1.165) is 57.8 Å². The summed E-state index contributed by atoms with van der Waals surface area (Å²) >= 11 is 0. The zero-order chi connectivity index (χ0) is 18.7. The minimum Gasteiger partial charge on any atom is -0.228 e. The van der Waals surface area contributed by atoms with Crippen molar-refractivity contribution in [2.24, 2.45) is 0 Å². The standard InChI is InChI=1S/C20H42O4/c1-9-13-17-20(16-12-4,23-21-18(5,6)14-10-2)24-22-19(7,8)15-11-3/h9-17H2,1-8H3. The highest BCUT2D eigenvalue weighted by atomic mass is 17.3. The summed E-state index contributed by atoms with van der Waals surface area (Å²) < 4.78 is 0.